The summed E-state index contributed by atoms with van der Waals surface area (Å²) in [5, 5.41) is 0. The van der Waals surface area contributed by atoms with Gasteiger partial charge >= 0.3 is 5.69 Å². The van der Waals surface area contributed by atoms with Crippen molar-refractivity contribution in [2.45, 2.75) is 6.43 Å². The maximum Gasteiger partial charge on any atom is 0.332 e. The molecule has 2 aromatic carbocycles. The van der Waals surface area contributed by atoms with Crippen LogP contribution < -0.4 is 10.4 Å². The Morgan fingerprint density at radius 2 is 1.96 bits per heavy atom. The zero-order valence-corrected chi connectivity index (χ0v) is 14.5. The fourth-order valence-electron chi connectivity index (χ4n) is 2.92. The molecule has 2 aromatic heterocycles. The molecule has 2 heterocycles. The van der Waals surface area contributed by atoms with Gasteiger partial charge in [0, 0.05) is 5.56 Å². The molecule has 0 spiro atoms. The number of hydrogen-bond donors (Lipinski definition) is 1. The number of hydrogen-bond acceptors (Lipinski definition) is 4. The molecule has 9 heteroatoms. The fourth-order valence-corrected chi connectivity index (χ4v) is 2.92. The van der Waals surface area contributed by atoms with Gasteiger partial charge in [-0.05, 0) is 24.3 Å². The molecule has 0 unspecified atom stereocenters. The average molecular weight is 386 g/mol. The third-order valence-corrected chi connectivity index (χ3v) is 4.23. The molecule has 4 aromatic rings. The first kappa shape index (κ1) is 17.8. The zero-order valence-electron chi connectivity index (χ0n) is 14.5. The standard InChI is InChI=1S/C19H13F3N4O2/c1-28-15-5-3-2-4-14(15)26-18-13(24-19(26)27)9-23-17(25-18)11-8-10(16(21)22)6-7-12(11)20/h2-9,16H,1H3,(H,24,27). The Morgan fingerprint density at radius 3 is 2.71 bits per heavy atom. The number of ether oxygens (including phenoxy) is 1. The van der Waals surface area contributed by atoms with E-state index in [4.69, 9.17) is 4.74 Å². The Morgan fingerprint density at radius 1 is 1.18 bits per heavy atom. The van der Waals surface area contributed by atoms with Crippen LogP contribution >= 0.6 is 0 Å². The van der Waals surface area contributed by atoms with Crippen LogP contribution in [-0.2, 0) is 0 Å². The number of H-pyrrole nitrogens is 1. The molecule has 0 aliphatic heterocycles. The first-order chi connectivity index (χ1) is 13.5. The van der Waals surface area contributed by atoms with E-state index < -0.39 is 17.9 Å². The van der Waals surface area contributed by atoms with Crippen LogP contribution in [0.5, 0.6) is 5.75 Å². The molecule has 6 nitrogen and oxygen atoms in total. The number of rotatable bonds is 4. The number of para-hydroxylation sites is 2. The van der Waals surface area contributed by atoms with E-state index in [2.05, 4.69) is 15.0 Å². The van der Waals surface area contributed by atoms with E-state index in [-0.39, 0.29) is 22.6 Å². The lowest BCUT2D eigenvalue weighted by atomic mass is 10.1. The smallest absolute Gasteiger partial charge is 0.332 e. The van der Waals surface area contributed by atoms with E-state index in [0.29, 0.717) is 17.0 Å². The van der Waals surface area contributed by atoms with Crippen LogP contribution in [0.15, 0.2) is 53.5 Å². The summed E-state index contributed by atoms with van der Waals surface area (Å²) in [7, 11) is 1.46. The normalized spacial score (nSPS) is 11.3. The average Bonchev–Trinajstić information content (AvgIpc) is 3.02. The summed E-state index contributed by atoms with van der Waals surface area (Å²) in [4.78, 5) is 23.4. The Labute approximate surface area is 156 Å². The zero-order chi connectivity index (χ0) is 19.8. The van der Waals surface area contributed by atoms with Crippen molar-refractivity contribution in [1.29, 1.82) is 0 Å². The van der Waals surface area contributed by atoms with Gasteiger partial charge in [-0.15, -0.1) is 0 Å². The third kappa shape index (κ3) is 2.90. The van der Waals surface area contributed by atoms with Crippen molar-refractivity contribution in [3.05, 3.63) is 70.5 Å². The summed E-state index contributed by atoms with van der Waals surface area (Å²) in [5.41, 5.74) is -0.122. The van der Waals surface area contributed by atoms with E-state index >= 15 is 0 Å². The second kappa shape index (κ2) is 6.84. The molecule has 0 amide bonds. The SMILES string of the molecule is COc1ccccc1-n1c(=O)[nH]c2cnc(-c3cc(C(F)F)ccc3F)nc21. The van der Waals surface area contributed by atoms with Crippen LogP contribution in [0.25, 0.3) is 28.2 Å². The van der Waals surface area contributed by atoms with Gasteiger partial charge in [-0.2, -0.15) is 0 Å². The highest BCUT2D eigenvalue weighted by molar-refractivity contribution is 5.75. The van der Waals surface area contributed by atoms with Crippen LogP contribution in [0.1, 0.15) is 12.0 Å². The molecule has 0 aliphatic carbocycles. The first-order valence-corrected chi connectivity index (χ1v) is 8.18. The van der Waals surface area contributed by atoms with Crippen molar-refractivity contribution < 1.29 is 17.9 Å². The van der Waals surface area contributed by atoms with Crippen LogP contribution in [-0.4, -0.2) is 26.6 Å². The lowest BCUT2D eigenvalue weighted by molar-refractivity contribution is 0.151. The maximum atomic E-state index is 14.2. The Hall–Kier alpha value is -3.62. The minimum atomic E-state index is -2.76. The van der Waals surface area contributed by atoms with Crippen LogP contribution in [0.4, 0.5) is 13.2 Å². The monoisotopic (exact) mass is 386 g/mol. The second-order valence-electron chi connectivity index (χ2n) is 5.91. The van der Waals surface area contributed by atoms with E-state index in [1.54, 1.807) is 24.3 Å². The molecule has 0 radical (unpaired) electrons. The number of halogens is 3. The van der Waals surface area contributed by atoms with Gasteiger partial charge in [0.15, 0.2) is 11.5 Å². The quantitative estimate of drug-likeness (QED) is 0.578. The third-order valence-electron chi connectivity index (χ3n) is 4.23. The molecular formula is C19H13F3N4O2. The van der Waals surface area contributed by atoms with E-state index in [0.717, 1.165) is 18.2 Å². The summed E-state index contributed by atoms with van der Waals surface area (Å²) >= 11 is 0. The van der Waals surface area contributed by atoms with Crippen molar-refractivity contribution in [1.82, 2.24) is 19.5 Å². The number of fused-ring (bicyclic) bond motifs is 1. The van der Waals surface area contributed by atoms with Gasteiger partial charge in [0.05, 0.1) is 24.6 Å². The number of benzene rings is 2. The molecule has 1 N–H and O–H groups in total. The number of alkyl halides is 2. The lowest BCUT2D eigenvalue weighted by Crippen LogP contribution is -2.15. The number of nitrogens with one attached hydrogen (secondary N) is 1. The van der Waals surface area contributed by atoms with Crippen molar-refractivity contribution in [2.75, 3.05) is 7.11 Å². The molecule has 4 rings (SSSR count). The fraction of sp³-hybridized carbons (Fsp3) is 0.105. The van der Waals surface area contributed by atoms with Gasteiger partial charge in [0.2, 0.25) is 0 Å². The summed E-state index contributed by atoms with van der Waals surface area (Å²) < 4.78 is 46.8. The lowest BCUT2D eigenvalue weighted by Gasteiger charge is -2.09. The Balaban J connectivity index is 1.96. The minimum absolute atomic E-state index is 0.116. The summed E-state index contributed by atoms with van der Waals surface area (Å²) in [6, 6.07) is 9.74. The summed E-state index contributed by atoms with van der Waals surface area (Å²) in [5.74, 6) is -0.433. The number of methoxy groups -OCH3 is 1. The van der Waals surface area contributed by atoms with Crippen LogP contribution in [0, 0.1) is 5.82 Å². The predicted molar refractivity (Wildman–Crippen MR) is 96.4 cm³/mol. The molecular weight excluding hydrogens is 373 g/mol. The van der Waals surface area contributed by atoms with Gasteiger partial charge in [-0.1, -0.05) is 18.2 Å². The number of aromatic nitrogens is 4. The van der Waals surface area contributed by atoms with Crippen LogP contribution in [0.3, 0.4) is 0 Å². The molecule has 0 aliphatic rings. The molecule has 0 bridgehead atoms. The Bertz CT molecular complexity index is 1230. The molecule has 0 saturated heterocycles. The highest BCUT2D eigenvalue weighted by atomic mass is 19.3. The van der Waals surface area contributed by atoms with Crippen molar-refractivity contribution >= 4 is 11.2 Å². The molecule has 142 valence electrons. The predicted octanol–water partition coefficient (Wildman–Crippen LogP) is 3.86. The second-order valence-corrected chi connectivity index (χ2v) is 5.91. The number of imidazole rings is 1. The van der Waals surface area contributed by atoms with E-state index in [1.807, 2.05) is 0 Å². The molecule has 0 fully saturated rings. The first-order valence-electron chi connectivity index (χ1n) is 8.18. The largest absolute Gasteiger partial charge is 0.495 e. The van der Waals surface area contributed by atoms with Gasteiger partial charge in [-0.25, -0.2) is 32.5 Å². The van der Waals surface area contributed by atoms with Crippen LogP contribution in [0.2, 0.25) is 0 Å². The molecule has 28 heavy (non-hydrogen) atoms. The molecule has 0 atom stereocenters. The van der Waals surface area contributed by atoms with Crippen molar-refractivity contribution in [3.8, 4) is 22.8 Å². The Kier molecular flexibility index (Phi) is 4.34. The number of nitrogens with zero attached hydrogens (tertiary/aromatic N) is 3. The maximum absolute atomic E-state index is 14.2. The number of aromatic amines is 1. The highest BCUT2D eigenvalue weighted by Gasteiger charge is 2.18. The summed E-state index contributed by atoms with van der Waals surface area (Å²) in [6.07, 6.45) is -1.46. The van der Waals surface area contributed by atoms with Crippen molar-refractivity contribution in [3.63, 3.8) is 0 Å². The highest BCUT2D eigenvalue weighted by Crippen LogP contribution is 2.28. The molecule has 0 saturated carbocycles. The summed E-state index contributed by atoms with van der Waals surface area (Å²) in [6.45, 7) is 0. The minimum Gasteiger partial charge on any atom is -0.495 e. The van der Waals surface area contributed by atoms with Gasteiger partial charge in [-0.3, -0.25) is 0 Å². The van der Waals surface area contributed by atoms with Gasteiger partial charge in [0.1, 0.15) is 17.1 Å². The van der Waals surface area contributed by atoms with Gasteiger partial charge < -0.3 is 9.72 Å². The van der Waals surface area contributed by atoms with E-state index in [1.165, 1.54) is 17.9 Å². The van der Waals surface area contributed by atoms with Crippen molar-refractivity contribution in [2.24, 2.45) is 0 Å². The van der Waals surface area contributed by atoms with E-state index in [9.17, 15) is 18.0 Å². The topological polar surface area (TPSA) is 72.8 Å². The van der Waals surface area contributed by atoms with Gasteiger partial charge in [0.25, 0.3) is 6.43 Å².